The highest BCUT2D eigenvalue weighted by molar-refractivity contribution is 7.92. The summed E-state index contributed by atoms with van der Waals surface area (Å²) < 4.78 is 39.3. The second-order valence-corrected chi connectivity index (χ2v) is 7.62. The minimum Gasteiger partial charge on any atom is -0.322 e. The van der Waals surface area contributed by atoms with Crippen LogP contribution in [0.2, 0.25) is 0 Å². The van der Waals surface area contributed by atoms with Crippen LogP contribution >= 0.6 is 0 Å². The van der Waals surface area contributed by atoms with Gasteiger partial charge in [-0.3, -0.25) is 9.52 Å². The molecule has 0 radical (unpaired) electrons. The maximum atomic E-state index is 12.9. The van der Waals surface area contributed by atoms with Gasteiger partial charge in [-0.1, -0.05) is 25.1 Å². The van der Waals surface area contributed by atoms with Crippen molar-refractivity contribution >= 4 is 33.4 Å². The number of carbonyl (C=O) groups excluding carboxylic acids is 1. The van der Waals surface area contributed by atoms with E-state index in [4.69, 9.17) is 0 Å². The van der Waals surface area contributed by atoms with E-state index in [9.17, 15) is 17.6 Å². The third-order valence-corrected chi connectivity index (χ3v) is 5.10. The molecule has 1 amide bonds. The van der Waals surface area contributed by atoms with E-state index in [1.807, 2.05) is 0 Å². The highest BCUT2D eigenvalue weighted by Gasteiger charge is 2.12. The molecule has 0 heterocycles. The van der Waals surface area contributed by atoms with E-state index in [0.717, 1.165) is 0 Å². The summed E-state index contributed by atoms with van der Waals surface area (Å²) >= 11 is 0. The lowest BCUT2D eigenvalue weighted by atomic mass is 10.1. The van der Waals surface area contributed by atoms with Crippen LogP contribution in [0.15, 0.2) is 48.5 Å². The minimum atomic E-state index is -3.41. The predicted octanol–water partition coefficient (Wildman–Crippen LogP) is 3.94. The van der Waals surface area contributed by atoms with Crippen LogP contribution in [0, 0.1) is 12.7 Å². The minimum absolute atomic E-state index is 0.0312. The van der Waals surface area contributed by atoms with Gasteiger partial charge in [0.1, 0.15) is 5.82 Å². The van der Waals surface area contributed by atoms with Gasteiger partial charge in [0.2, 0.25) is 15.9 Å². The zero-order valence-electron chi connectivity index (χ0n) is 14.6. The van der Waals surface area contributed by atoms with Crippen molar-refractivity contribution in [2.45, 2.75) is 20.3 Å². The van der Waals surface area contributed by atoms with Crippen molar-refractivity contribution in [2.75, 3.05) is 15.8 Å². The molecule has 0 aromatic heterocycles. The van der Waals surface area contributed by atoms with Crippen LogP contribution < -0.4 is 10.0 Å². The third-order valence-electron chi connectivity index (χ3n) is 3.63. The quantitative estimate of drug-likeness (QED) is 0.719. The molecule has 0 spiro atoms. The molecule has 2 aromatic carbocycles. The molecule has 0 aliphatic rings. The number of carbonyl (C=O) groups is 1. The molecule has 7 heteroatoms. The van der Waals surface area contributed by atoms with Crippen LogP contribution in [0.5, 0.6) is 0 Å². The molecule has 0 aliphatic carbocycles. The zero-order valence-corrected chi connectivity index (χ0v) is 15.4. The number of hydrogen-bond donors (Lipinski definition) is 2. The molecule has 2 rings (SSSR count). The molecular formula is C19H21FN2O3S. The van der Waals surface area contributed by atoms with Crippen LogP contribution in [0.1, 0.15) is 24.5 Å². The maximum absolute atomic E-state index is 12.9. The largest absolute Gasteiger partial charge is 0.322 e. The van der Waals surface area contributed by atoms with Crippen molar-refractivity contribution in [1.82, 2.24) is 0 Å². The van der Waals surface area contributed by atoms with Gasteiger partial charge in [0, 0.05) is 11.8 Å². The Morgan fingerprint density at radius 1 is 1.12 bits per heavy atom. The average molecular weight is 376 g/mol. The number of nitrogens with one attached hydrogen (secondary N) is 2. The first-order chi connectivity index (χ1) is 12.3. The van der Waals surface area contributed by atoms with Gasteiger partial charge in [-0.05, 0) is 54.8 Å². The molecule has 0 bridgehead atoms. The first kappa shape index (κ1) is 19.7. The molecule has 0 fully saturated rings. The van der Waals surface area contributed by atoms with Crippen molar-refractivity contribution in [2.24, 2.45) is 0 Å². The summed E-state index contributed by atoms with van der Waals surface area (Å²) in [6, 6.07) is 10.8. The standard InChI is InChI=1S/C19H21FN2O3S/c1-3-13-26(24,25)22-18-6-4-5-17(14(18)2)21-19(23)12-9-15-7-10-16(20)11-8-15/h4-12,22H,3,13H2,1-2H3,(H,21,23). The van der Waals surface area contributed by atoms with E-state index >= 15 is 0 Å². The molecule has 138 valence electrons. The molecule has 0 saturated carbocycles. The maximum Gasteiger partial charge on any atom is 0.248 e. The molecule has 0 aliphatic heterocycles. The van der Waals surface area contributed by atoms with Crippen LogP contribution in [0.25, 0.3) is 6.08 Å². The van der Waals surface area contributed by atoms with Gasteiger partial charge in [0.05, 0.1) is 11.4 Å². The summed E-state index contributed by atoms with van der Waals surface area (Å²) in [5, 5.41) is 2.72. The van der Waals surface area contributed by atoms with E-state index in [1.165, 1.54) is 18.2 Å². The molecule has 2 N–H and O–H groups in total. The fraction of sp³-hybridized carbons (Fsp3) is 0.211. The van der Waals surface area contributed by atoms with Gasteiger partial charge in [-0.2, -0.15) is 0 Å². The summed E-state index contributed by atoms with van der Waals surface area (Å²) in [6.07, 6.45) is 3.41. The van der Waals surface area contributed by atoms with Gasteiger partial charge >= 0.3 is 0 Å². The fourth-order valence-electron chi connectivity index (χ4n) is 2.29. The Balaban J connectivity index is 2.10. The summed E-state index contributed by atoms with van der Waals surface area (Å²) in [4.78, 5) is 12.1. The molecule has 2 aromatic rings. The number of hydrogen-bond acceptors (Lipinski definition) is 3. The van der Waals surface area contributed by atoms with Gasteiger partial charge in [0.25, 0.3) is 0 Å². The zero-order chi connectivity index (χ0) is 19.2. The Labute approximate surface area is 153 Å². The SMILES string of the molecule is CCCS(=O)(=O)Nc1cccc(NC(=O)C=Cc2ccc(F)cc2)c1C. The second kappa shape index (κ2) is 8.62. The topological polar surface area (TPSA) is 75.3 Å². The number of sulfonamides is 1. The normalized spacial score (nSPS) is 11.5. The van der Waals surface area contributed by atoms with E-state index in [1.54, 1.807) is 50.3 Å². The van der Waals surface area contributed by atoms with Crippen LogP contribution in [-0.2, 0) is 14.8 Å². The number of amides is 1. The van der Waals surface area contributed by atoms with E-state index < -0.39 is 10.0 Å². The van der Waals surface area contributed by atoms with Crippen molar-refractivity contribution in [1.29, 1.82) is 0 Å². The van der Waals surface area contributed by atoms with E-state index in [2.05, 4.69) is 10.0 Å². The summed E-state index contributed by atoms with van der Waals surface area (Å²) in [6.45, 7) is 3.51. The van der Waals surface area contributed by atoms with Gasteiger partial charge in [0.15, 0.2) is 0 Å². The molecule has 5 nitrogen and oxygen atoms in total. The Bertz CT molecular complexity index is 907. The first-order valence-electron chi connectivity index (χ1n) is 8.15. The van der Waals surface area contributed by atoms with Crippen molar-refractivity contribution in [3.63, 3.8) is 0 Å². The lowest BCUT2D eigenvalue weighted by Gasteiger charge is -2.13. The van der Waals surface area contributed by atoms with Gasteiger partial charge < -0.3 is 5.32 Å². The molecule has 0 unspecified atom stereocenters. The predicted molar refractivity (Wildman–Crippen MR) is 103 cm³/mol. The number of benzene rings is 2. The second-order valence-electron chi connectivity index (χ2n) is 5.77. The molecular weight excluding hydrogens is 355 g/mol. The Kier molecular flexibility index (Phi) is 6.52. The Morgan fingerprint density at radius 3 is 2.42 bits per heavy atom. The third kappa shape index (κ3) is 5.70. The number of halogens is 1. The average Bonchev–Trinajstić information content (AvgIpc) is 2.58. The summed E-state index contributed by atoms with van der Waals surface area (Å²) in [5.41, 5.74) is 2.25. The van der Waals surface area contributed by atoms with Gasteiger partial charge in [-0.15, -0.1) is 0 Å². The molecule has 0 atom stereocenters. The van der Waals surface area contributed by atoms with E-state index in [0.29, 0.717) is 28.9 Å². The fourth-order valence-corrected chi connectivity index (χ4v) is 3.48. The van der Waals surface area contributed by atoms with Crippen molar-refractivity contribution in [3.05, 3.63) is 65.5 Å². The Hall–Kier alpha value is -2.67. The lowest BCUT2D eigenvalue weighted by molar-refractivity contribution is -0.111. The summed E-state index contributed by atoms with van der Waals surface area (Å²) in [7, 11) is -3.41. The Morgan fingerprint density at radius 2 is 1.77 bits per heavy atom. The highest BCUT2D eigenvalue weighted by atomic mass is 32.2. The highest BCUT2D eigenvalue weighted by Crippen LogP contribution is 2.24. The number of rotatable bonds is 7. The first-order valence-corrected chi connectivity index (χ1v) is 9.80. The molecule has 26 heavy (non-hydrogen) atoms. The van der Waals surface area contributed by atoms with Crippen LogP contribution in [0.3, 0.4) is 0 Å². The van der Waals surface area contributed by atoms with Gasteiger partial charge in [-0.25, -0.2) is 12.8 Å². The van der Waals surface area contributed by atoms with Crippen molar-refractivity contribution in [3.8, 4) is 0 Å². The lowest BCUT2D eigenvalue weighted by Crippen LogP contribution is -2.17. The van der Waals surface area contributed by atoms with Crippen molar-refractivity contribution < 1.29 is 17.6 Å². The molecule has 0 saturated heterocycles. The van der Waals surface area contributed by atoms with Crippen LogP contribution in [0.4, 0.5) is 15.8 Å². The van der Waals surface area contributed by atoms with E-state index in [-0.39, 0.29) is 17.5 Å². The smallest absolute Gasteiger partial charge is 0.248 e. The number of anilines is 2. The summed E-state index contributed by atoms with van der Waals surface area (Å²) in [5.74, 6) is -0.681. The monoisotopic (exact) mass is 376 g/mol. The van der Waals surface area contributed by atoms with Crippen LogP contribution in [-0.4, -0.2) is 20.1 Å².